The first-order valence-corrected chi connectivity index (χ1v) is 7.35. The summed E-state index contributed by atoms with van der Waals surface area (Å²) in [5.41, 5.74) is 0. The topological polar surface area (TPSA) is 12.5 Å². The van der Waals surface area contributed by atoms with E-state index in [-0.39, 0.29) is 0 Å². The van der Waals surface area contributed by atoms with E-state index >= 15 is 0 Å². The van der Waals surface area contributed by atoms with Gasteiger partial charge in [-0.15, -0.1) is 0 Å². The fraction of sp³-hybridized carbons (Fsp3) is 1.00. The Hall–Kier alpha value is 0.270. The Kier molecular flexibility index (Phi) is 11.0. The lowest BCUT2D eigenvalue weighted by Crippen LogP contribution is -2.30. The van der Waals surface area contributed by atoms with Crippen molar-refractivity contribution in [2.24, 2.45) is 0 Å². The molecule has 0 N–H and O–H groups in total. The lowest BCUT2D eigenvalue weighted by atomic mass is 10.2. The molecule has 0 aromatic carbocycles. The van der Waals surface area contributed by atoms with Crippen LogP contribution in [0.25, 0.3) is 0 Å². The van der Waals surface area contributed by atoms with Crippen molar-refractivity contribution < 1.29 is 4.74 Å². The van der Waals surface area contributed by atoms with Gasteiger partial charge in [-0.2, -0.15) is 11.8 Å². The Balaban J connectivity index is 3.72. The Morgan fingerprint density at radius 1 is 1.13 bits per heavy atom. The minimum absolute atomic E-state index is 0.445. The lowest BCUT2D eigenvalue weighted by molar-refractivity contribution is -0.0118. The van der Waals surface area contributed by atoms with Crippen LogP contribution < -0.4 is 0 Å². The summed E-state index contributed by atoms with van der Waals surface area (Å²) in [4.78, 5) is 2.32. The Labute approximate surface area is 99.8 Å². The average Bonchev–Trinajstić information content (AvgIpc) is 2.27. The summed E-state index contributed by atoms with van der Waals surface area (Å²) in [5, 5.41) is 0. The number of ether oxygens (including phenoxy) is 1. The van der Waals surface area contributed by atoms with Gasteiger partial charge in [0.2, 0.25) is 0 Å². The molecule has 0 aliphatic heterocycles. The van der Waals surface area contributed by atoms with Crippen molar-refractivity contribution in [3.63, 3.8) is 0 Å². The molecule has 3 heteroatoms. The molecule has 0 radical (unpaired) electrons. The zero-order valence-corrected chi connectivity index (χ0v) is 11.6. The third kappa shape index (κ3) is 8.12. The van der Waals surface area contributed by atoms with Gasteiger partial charge in [0, 0.05) is 5.75 Å². The van der Waals surface area contributed by atoms with Gasteiger partial charge in [-0.3, -0.25) is 4.90 Å². The van der Waals surface area contributed by atoms with E-state index < -0.39 is 0 Å². The summed E-state index contributed by atoms with van der Waals surface area (Å²) in [6, 6.07) is 0. The second kappa shape index (κ2) is 10.8. The second-order valence-electron chi connectivity index (χ2n) is 3.67. The minimum atomic E-state index is 0.445. The molecule has 0 amide bonds. The Morgan fingerprint density at radius 2 is 1.80 bits per heavy atom. The van der Waals surface area contributed by atoms with E-state index in [1.165, 1.54) is 18.6 Å². The molecule has 0 aliphatic carbocycles. The second-order valence-corrected chi connectivity index (χ2v) is 4.99. The monoisotopic (exact) mass is 233 g/mol. The van der Waals surface area contributed by atoms with Gasteiger partial charge < -0.3 is 4.74 Å². The quantitative estimate of drug-likeness (QED) is 0.538. The molecule has 0 rings (SSSR count). The average molecular weight is 233 g/mol. The molecule has 0 aliphatic rings. The van der Waals surface area contributed by atoms with Crippen LogP contribution in [0, 0.1) is 0 Å². The van der Waals surface area contributed by atoms with Gasteiger partial charge in [-0.25, -0.2) is 0 Å². The van der Waals surface area contributed by atoms with Crippen LogP contribution in [0.1, 0.15) is 40.5 Å². The highest BCUT2D eigenvalue weighted by atomic mass is 32.2. The molecule has 1 atom stereocenters. The van der Waals surface area contributed by atoms with Gasteiger partial charge in [-0.05, 0) is 25.3 Å². The van der Waals surface area contributed by atoms with Crippen LogP contribution in [-0.4, -0.2) is 42.3 Å². The summed E-state index contributed by atoms with van der Waals surface area (Å²) >= 11 is 1.98. The van der Waals surface area contributed by atoms with Crippen molar-refractivity contribution in [1.82, 2.24) is 4.90 Å². The number of hydrogen-bond donors (Lipinski definition) is 0. The van der Waals surface area contributed by atoms with Gasteiger partial charge in [0.15, 0.2) is 0 Å². The van der Waals surface area contributed by atoms with Crippen LogP contribution in [-0.2, 0) is 4.74 Å². The highest BCUT2D eigenvalue weighted by molar-refractivity contribution is 7.99. The van der Waals surface area contributed by atoms with E-state index in [0.29, 0.717) is 6.10 Å². The number of hydrogen-bond acceptors (Lipinski definition) is 3. The van der Waals surface area contributed by atoms with Crippen LogP contribution in [0.5, 0.6) is 0 Å². The van der Waals surface area contributed by atoms with Crippen LogP contribution >= 0.6 is 11.8 Å². The van der Waals surface area contributed by atoms with Crippen LogP contribution in [0.3, 0.4) is 0 Å². The van der Waals surface area contributed by atoms with E-state index in [1.54, 1.807) is 0 Å². The number of rotatable bonds is 10. The SMILES string of the molecule is CCCC(CSCC)OCN(CC)CC. The van der Waals surface area contributed by atoms with E-state index in [4.69, 9.17) is 4.74 Å². The third-order valence-electron chi connectivity index (χ3n) is 2.51. The molecule has 0 bridgehead atoms. The van der Waals surface area contributed by atoms with E-state index in [2.05, 4.69) is 32.6 Å². The molecule has 92 valence electrons. The number of thioether (sulfide) groups is 1. The maximum Gasteiger partial charge on any atom is 0.0994 e. The smallest absolute Gasteiger partial charge is 0.0994 e. The number of nitrogens with zero attached hydrogens (tertiary/aromatic N) is 1. The summed E-state index contributed by atoms with van der Waals surface area (Å²) in [5.74, 6) is 2.33. The standard InChI is InChI=1S/C12H27NOS/c1-5-9-12(10-15-8-4)14-11-13(6-2)7-3/h12H,5-11H2,1-4H3. The molecular formula is C12H27NOS. The van der Waals surface area contributed by atoms with Crippen LogP contribution in [0.4, 0.5) is 0 Å². The van der Waals surface area contributed by atoms with Gasteiger partial charge >= 0.3 is 0 Å². The largest absolute Gasteiger partial charge is 0.362 e. The molecular weight excluding hydrogens is 206 g/mol. The van der Waals surface area contributed by atoms with Gasteiger partial charge in [0.25, 0.3) is 0 Å². The van der Waals surface area contributed by atoms with Crippen molar-refractivity contribution in [2.75, 3.05) is 31.3 Å². The predicted molar refractivity (Wildman–Crippen MR) is 70.6 cm³/mol. The first-order chi connectivity index (χ1) is 7.28. The molecule has 0 fully saturated rings. The zero-order chi connectivity index (χ0) is 11.5. The summed E-state index contributed by atoms with van der Waals surface area (Å²) in [6.45, 7) is 11.8. The van der Waals surface area contributed by atoms with Crippen LogP contribution in [0.2, 0.25) is 0 Å². The molecule has 0 saturated heterocycles. The molecule has 0 aromatic heterocycles. The predicted octanol–water partition coefficient (Wildman–Crippen LogP) is 3.22. The molecule has 0 saturated carbocycles. The van der Waals surface area contributed by atoms with Crippen molar-refractivity contribution >= 4 is 11.8 Å². The maximum absolute atomic E-state index is 5.93. The highest BCUT2D eigenvalue weighted by Gasteiger charge is 2.09. The third-order valence-corrected chi connectivity index (χ3v) is 3.52. The molecule has 1 unspecified atom stereocenters. The van der Waals surface area contributed by atoms with Crippen molar-refractivity contribution in [3.8, 4) is 0 Å². The Morgan fingerprint density at radius 3 is 2.27 bits per heavy atom. The maximum atomic E-state index is 5.93. The normalized spacial score (nSPS) is 13.4. The minimum Gasteiger partial charge on any atom is -0.362 e. The molecule has 15 heavy (non-hydrogen) atoms. The van der Waals surface area contributed by atoms with Crippen molar-refractivity contribution in [3.05, 3.63) is 0 Å². The van der Waals surface area contributed by atoms with E-state index in [1.807, 2.05) is 11.8 Å². The summed E-state index contributed by atoms with van der Waals surface area (Å²) < 4.78 is 5.93. The van der Waals surface area contributed by atoms with Gasteiger partial charge in [0.05, 0.1) is 12.8 Å². The first-order valence-electron chi connectivity index (χ1n) is 6.20. The Bertz CT molecular complexity index is 129. The fourth-order valence-corrected chi connectivity index (χ4v) is 2.16. The van der Waals surface area contributed by atoms with Gasteiger partial charge in [-0.1, -0.05) is 34.1 Å². The van der Waals surface area contributed by atoms with Crippen LogP contribution in [0.15, 0.2) is 0 Å². The summed E-state index contributed by atoms with van der Waals surface area (Å²) in [6.07, 6.45) is 2.85. The molecule has 2 nitrogen and oxygen atoms in total. The molecule has 0 aromatic rings. The molecule has 0 heterocycles. The molecule has 0 spiro atoms. The first kappa shape index (κ1) is 15.3. The summed E-state index contributed by atoms with van der Waals surface area (Å²) in [7, 11) is 0. The fourth-order valence-electron chi connectivity index (χ4n) is 1.40. The lowest BCUT2D eigenvalue weighted by Gasteiger charge is -2.23. The van der Waals surface area contributed by atoms with E-state index in [9.17, 15) is 0 Å². The van der Waals surface area contributed by atoms with Gasteiger partial charge in [0.1, 0.15) is 0 Å². The highest BCUT2D eigenvalue weighted by Crippen LogP contribution is 2.11. The van der Waals surface area contributed by atoms with E-state index in [0.717, 1.165) is 25.6 Å². The van der Waals surface area contributed by atoms with Crippen molar-refractivity contribution in [2.45, 2.75) is 46.6 Å². The zero-order valence-electron chi connectivity index (χ0n) is 10.8. The van der Waals surface area contributed by atoms with Crippen molar-refractivity contribution in [1.29, 1.82) is 0 Å².